The van der Waals surface area contributed by atoms with Crippen LogP contribution >= 0.6 is 0 Å². The van der Waals surface area contributed by atoms with E-state index in [2.05, 4.69) is 35.2 Å². The van der Waals surface area contributed by atoms with Gasteiger partial charge < -0.3 is 0 Å². The van der Waals surface area contributed by atoms with Gasteiger partial charge in [0.1, 0.15) is 0 Å². The maximum atomic E-state index is 11.8. The lowest BCUT2D eigenvalue weighted by molar-refractivity contribution is 0.190. The van der Waals surface area contributed by atoms with Crippen LogP contribution in [0.2, 0.25) is 0 Å². The van der Waals surface area contributed by atoms with Gasteiger partial charge >= 0.3 is 0 Å². The number of benzene rings is 1. The summed E-state index contributed by atoms with van der Waals surface area (Å²) in [4.78, 5) is 2.48. The van der Waals surface area contributed by atoms with Crippen molar-refractivity contribution in [3.05, 3.63) is 42.0 Å². The Morgan fingerprint density at radius 3 is 2.70 bits per heavy atom. The van der Waals surface area contributed by atoms with Crippen molar-refractivity contribution in [2.45, 2.75) is 19.3 Å². The molecule has 4 nitrogen and oxygen atoms in total. The lowest BCUT2D eigenvalue weighted by Crippen LogP contribution is -2.44. The molecule has 0 N–H and O–H groups in total. The predicted octanol–water partition coefficient (Wildman–Crippen LogP) is 2.45. The molecule has 1 fully saturated rings. The molecule has 1 saturated heterocycles. The van der Waals surface area contributed by atoms with Gasteiger partial charge in [-0.1, -0.05) is 36.4 Å². The smallest absolute Gasteiger partial charge is 0.211 e. The second kappa shape index (κ2) is 7.16. The summed E-state index contributed by atoms with van der Waals surface area (Å²) in [5, 5.41) is 0. The van der Waals surface area contributed by atoms with Gasteiger partial charge in [-0.05, 0) is 36.3 Å². The molecule has 0 unspecified atom stereocenters. The molecule has 5 heteroatoms. The van der Waals surface area contributed by atoms with Gasteiger partial charge in [0, 0.05) is 32.7 Å². The number of nitrogens with zero attached hydrogens (tertiary/aromatic N) is 2. The first-order valence-corrected chi connectivity index (χ1v) is 10.3. The Balaban J connectivity index is 1.60. The zero-order valence-corrected chi connectivity index (χ0v) is 14.6. The first-order valence-electron chi connectivity index (χ1n) is 8.44. The van der Waals surface area contributed by atoms with E-state index >= 15 is 0 Å². The Morgan fingerprint density at radius 2 is 1.96 bits per heavy atom. The highest BCUT2D eigenvalue weighted by Gasteiger charge is 2.27. The quantitative estimate of drug-likeness (QED) is 0.849. The van der Waals surface area contributed by atoms with Crippen LogP contribution in [-0.4, -0.2) is 56.6 Å². The molecule has 0 aromatic heterocycles. The van der Waals surface area contributed by atoms with Crippen LogP contribution in [0.1, 0.15) is 24.8 Å². The van der Waals surface area contributed by atoms with Gasteiger partial charge in [-0.3, -0.25) is 4.90 Å². The third kappa shape index (κ3) is 4.43. The molecule has 1 atom stereocenters. The molecule has 23 heavy (non-hydrogen) atoms. The number of hydrogen-bond acceptors (Lipinski definition) is 3. The molecule has 0 spiro atoms. The summed E-state index contributed by atoms with van der Waals surface area (Å²) >= 11 is 0. The number of rotatable bonds is 4. The molecule has 0 bridgehead atoms. The standard InChI is InChI=1S/C18H26N2O2S/c1-23(21,22)20-12-5-7-16(14-20)13-19-11-6-10-18(15-19)17-8-3-2-4-9-17/h2-4,8-10,16H,5-7,11-15H2,1H3/t16-/m0/s1. The zero-order chi connectivity index (χ0) is 16.3. The second-order valence-electron chi connectivity index (χ2n) is 6.75. The van der Waals surface area contributed by atoms with Crippen LogP contribution in [0.3, 0.4) is 0 Å². The van der Waals surface area contributed by atoms with Crippen molar-refractivity contribution in [1.29, 1.82) is 0 Å². The van der Waals surface area contributed by atoms with Gasteiger partial charge in [0.15, 0.2) is 0 Å². The van der Waals surface area contributed by atoms with Crippen molar-refractivity contribution in [3.63, 3.8) is 0 Å². The molecular formula is C18H26N2O2S. The van der Waals surface area contributed by atoms with Crippen molar-refractivity contribution >= 4 is 15.6 Å². The van der Waals surface area contributed by atoms with E-state index < -0.39 is 10.0 Å². The van der Waals surface area contributed by atoms with Crippen molar-refractivity contribution < 1.29 is 8.42 Å². The minimum absolute atomic E-state index is 0.452. The Bertz CT molecular complexity index is 655. The number of hydrogen-bond donors (Lipinski definition) is 0. The Kier molecular flexibility index (Phi) is 5.19. The largest absolute Gasteiger partial charge is 0.298 e. The maximum absolute atomic E-state index is 11.8. The average molecular weight is 334 g/mol. The molecule has 0 saturated carbocycles. The minimum Gasteiger partial charge on any atom is -0.298 e. The maximum Gasteiger partial charge on any atom is 0.211 e. The Hall–Kier alpha value is -1.17. The summed E-state index contributed by atoms with van der Waals surface area (Å²) in [5.41, 5.74) is 2.70. The molecule has 2 aliphatic heterocycles. The Labute approximate surface area is 139 Å². The van der Waals surface area contributed by atoms with Crippen LogP contribution in [-0.2, 0) is 10.0 Å². The molecule has 126 valence electrons. The van der Waals surface area contributed by atoms with Gasteiger partial charge in [-0.2, -0.15) is 0 Å². The molecule has 1 aromatic rings. The zero-order valence-electron chi connectivity index (χ0n) is 13.8. The summed E-state index contributed by atoms with van der Waals surface area (Å²) in [6.07, 6.45) is 6.86. The highest BCUT2D eigenvalue weighted by molar-refractivity contribution is 7.88. The molecule has 0 radical (unpaired) electrons. The third-order valence-corrected chi connectivity index (χ3v) is 6.11. The van der Waals surface area contributed by atoms with E-state index in [0.29, 0.717) is 19.0 Å². The van der Waals surface area contributed by atoms with Crippen molar-refractivity contribution in [3.8, 4) is 0 Å². The highest BCUT2D eigenvalue weighted by Crippen LogP contribution is 2.24. The highest BCUT2D eigenvalue weighted by atomic mass is 32.2. The van der Waals surface area contributed by atoms with Gasteiger partial charge in [0.25, 0.3) is 0 Å². The lowest BCUT2D eigenvalue weighted by Gasteiger charge is -2.36. The monoisotopic (exact) mass is 334 g/mol. The molecule has 0 amide bonds. The number of piperidine rings is 1. The van der Waals surface area contributed by atoms with Crippen LogP contribution in [0.5, 0.6) is 0 Å². The van der Waals surface area contributed by atoms with Crippen LogP contribution in [0, 0.1) is 5.92 Å². The fourth-order valence-electron chi connectivity index (χ4n) is 3.67. The summed E-state index contributed by atoms with van der Waals surface area (Å²) in [7, 11) is -3.05. The average Bonchev–Trinajstić information content (AvgIpc) is 2.55. The minimum atomic E-state index is -3.05. The molecule has 1 aromatic carbocycles. The topological polar surface area (TPSA) is 40.6 Å². The van der Waals surface area contributed by atoms with Gasteiger partial charge in [-0.25, -0.2) is 12.7 Å². The second-order valence-corrected chi connectivity index (χ2v) is 8.73. The van der Waals surface area contributed by atoms with Crippen LogP contribution in [0.15, 0.2) is 36.4 Å². The van der Waals surface area contributed by atoms with Gasteiger partial charge in [-0.15, -0.1) is 0 Å². The summed E-state index contributed by atoms with van der Waals surface area (Å²) < 4.78 is 25.2. The molecule has 2 heterocycles. The van der Waals surface area contributed by atoms with Crippen molar-refractivity contribution in [2.75, 3.05) is 39.0 Å². The summed E-state index contributed by atoms with van der Waals surface area (Å²) in [6, 6.07) is 10.6. The predicted molar refractivity (Wildman–Crippen MR) is 94.6 cm³/mol. The van der Waals surface area contributed by atoms with Gasteiger partial charge in [0.2, 0.25) is 10.0 Å². The fourth-order valence-corrected chi connectivity index (χ4v) is 4.61. The van der Waals surface area contributed by atoms with E-state index in [9.17, 15) is 8.42 Å². The Morgan fingerprint density at radius 1 is 1.17 bits per heavy atom. The summed E-state index contributed by atoms with van der Waals surface area (Å²) in [5.74, 6) is 0.452. The summed E-state index contributed by atoms with van der Waals surface area (Å²) in [6.45, 7) is 4.41. The van der Waals surface area contributed by atoms with E-state index in [1.807, 2.05) is 6.07 Å². The SMILES string of the molecule is CS(=O)(=O)N1CCC[C@@H](CN2CCC=C(c3ccccc3)C2)C1. The molecule has 3 rings (SSSR count). The van der Waals surface area contributed by atoms with Crippen LogP contribution in [0.25, 0.3) is 5.57 Å². The molecule has 2 aliphatic rings. The number of sulfonamides is 1. The van der Waals surface area contributed by atoms with E-state index in [-0.39, 0.29) is 0 Å². The lowest BCUT2D eigenvalue weighted by atomic mass is 9.96. The molecule has 0 aliphatic carbocycles. The van der Waals surface area contributed by atoms with Crippen LogP contribution in [0.4, 0.5) is 0 Å². The van der Waals surface area contributed by atoms with E-state index in [1.54, 1.807) is 4.31 Å². The van der Waals surface area contributed by atoms with E-state index in [4.69, 9.17) is 0 Å². The van der Waals surface area contributed by atoms with Crippen molar-refractivity contribution in [2.24, 2.45) is 5.92 Å². The normalized spacial score (nSPS) is 24.4. The first-order chi connectivity index (χ1) is 11.0. The third-order valence-electron chi connectivity index (χ3n) is 4.84. The van der Waals surface area contributed by atoms with E-state index in [1.165, 1.54) is 17.4 Å². The molecular weight excluding hydrogens is 308 g/mol. The fraction of sp³-hybridized carbons (Fsp3) is 0.556. The van der Waals surface area contributed by atoms with Crippen LogP contribution < -0.4 is 0 Å². The van der Waals surface area contributed by atoms with Crippen molar-refractivity contribution in [1.82, 2.24) is 9.21 Å². The first kappa shape index (κ1) is 16.7. The van der Waals surface area contributed by atoms with E-state index in [0.717, 1.165) is 38.9 Å². The van der Waals surface area contributed by atoms with Gasteiger partial charge in [0.05, 0.1) is 6.26 Å².